The summed E-state index contributed by atoms with van der Waals surface area (Å²) < 4.78 is 6.66. The van der Waals surface area contributed by atoms with E-state index >= 15 is 0 Å². The van der Waals surface area contributed by atoms with Gasteiger partial charge in [-0.25, -0.2) is 0 Å². The van der Waals surface area contributed by atoms with Crippen LogP contribution in [0.3, 0.4) is 0 Å². The molecule has 1 heterocycles. The summed E-state index contributed by atoms with van der Waals surface area (Å²) in [5.74, 6) is -0.540. The van der Waals surface area contributed by atoms with E-state index in [1.807, 2.05) is 30.3 Å². The summed E-state index contributed by atoms with van der Waals surface area (Å²) in [6.45, 7) is 1.71. The molecular formula is C33H31BrClN5O4. The highest BCUT2D eigenvalue weighted by molar-refractivity contribution is 9.10. The highest BCUT2D eigenvalue weighted by Gasteiger charge is 2.38. The summed E-state index contributed by atoms with van der Waals surface area (Å²) >= 11 is 3.53. The van der Waals surface area contributed by atoms with Crippen LogP contribution in [-0.2, 0) is 16.1 Å². The first-order valence-electron chi connectivity index (χ1n) is 13.7. The number of amides is 3. The normalized spacial score (nSPS) is 15.0. The molecule has 0 radical (unpaired) electrons. The van der Waals surface area contributed by atoms with Crippen LogP contribution in [0.4, 0.5) is 11.4 Å². The van der Waals surface area contributed by atoms with Gasteiger partial charge in [-0.2, -0.15) is 5.26 Å². The van der Waals surface area contributed by atoms with Crippen LogP contribution in [0.5, 0.6) is 5.75 Å². The summed E-state index contributed by atoms with van der Waals surface area (Å²) in [5.41, 5.74) is 2.43. The van der Waals surface area contributed by atoms with Gasteiger partial charge in [0.15, 0.2) is 0 Å². The summed E-state index contributed by atoms with van der Waals surface area (Å²) in [6.07, 6.45) is 0. The first-order chi connectivity index (χ1) is 20.7. The predicted octanol–water partition coefficient (Wildman–Crippen LogP) is 5.19. The number of halogens is 2. The van der Waals surface area contributed by atoms with Crippen molar-refractivity contribution in [2.24, 2.45) is 0 Å². The molecule has 1 aliphatic rings. The Morgan fingerprint density at radius 1 is 1.07 bits per heavy atom. The van der Waals surface area contributed by atoms with Crippen LogP contribution in [0.25, 0.3) is 10.8 Å². The molecule has 0 fully saturated rings. The van der Waals surface area contributed by atoms with E-state index in [9.17, 15) is 19.6 Å². The maximum atomic E-state index is 14.4. The third-order valence-corrected chi connectivity index (χ3v) is 8.10. The molecule has 1 aliphatic heterocycles. The van der Waals surface area contributed by atoms with E-state index in [1.165, 1.54) is 11.0 Å². The van der Waals surface area contributed by atoms with Crippen molar-refractivity contribution in [3.05, 3.63) is 100 Å². The Bertz CT molecular complexity index is 1780. The van der Waals surface area contributed by atoms with Crippen LogP contribution in [0.2, 0.25) is 0 Å². The molecule has 226 valence electrons. The van der Waals surface area contributed by atoms with Crippen molar-refractivity contribution in [1.82, 2.24) is 10.6 Å². The van der Waals surface area contributed by atoms with E-state index in [2.05, 4.69) is 32.6 Å². The number of benzene rings is 4. The Kier molecular flexibility index (Phi) is 10.3. The minimum Gasteiger partial charge on any atom is -0.496 e. The molecule has 44 heavy (non-hydrogen) atoms. The number of carbonyl (C=O) groups excluding carboxylic acids is 3. The topological polar surface area (TPSA) is 115 Å². The molecule has 0 aromatic heterocycles. The van der Waals surface area contributed by atoms with Crippen molar-refractivity contribution in [1.29, 1.82) is 5.26 Å². The minimum absolute atomic E-state index is 0. The molecule has 1 unspecified atom stereocenters. The number of likely N-dealkylation sites (N-methyl/N-ethyl adjacent to an activating group) is 1. The third-order valence-electron chi connectivity index (χ3n) is 7.61. The lowest BCUT2D eigenvalue weighted by Gasteiger charge is -2.27. The maximum Gasteiger partial charge on any atom is 0.258 e. The number of fused-ring (bicyclic) bond motifs is 2. The SMILES string of the molecule is CNC(C)C(=O)N[C@H]1CN(C(=O)c2cccc(C#N)c2)c2ccccc2N(Cc2c(OC)ccc3cc(Br)ccc23)C1=O.Cl. The number of ether oxygens (including phenoxy) is 1. The summed E-state index contributed by atoms with van der Waals surface area (Å²) in [6, 6.07) is 23.7. The smallest absolute Gasteiger partial charge is 0.258 e. The molecule has 4 aromatic rings. The first kappa shape index (κ1) is 32.5. The van der Waals surface area contributed by atoms with Gasteiger partial charge in [-0.05, 0) is 73.3 Å². The van der Waals surface area contributed by atoms with Gasteiger partial charge in [-0.15, -0.1) is 12.4 Å². The number of hydrogen-bond donors (Lipinski definition) is 2. The average molecular weight is 677 g/mol. The average Bonchev–Trinajstić information content (AvgIpc) is 3.14. The fourth-order valence-electron chi connectivity index (χ4n) is 5.21. The van der Waals surface area contributed by atoms with Crippen molar-refractivity contribution in [2.75, 3.05) is 30.5 Å². The molecule has 11 heteroatoms. The van der Waals surface area contributed by atoms with Crippen LogP contribution in [0, 0.1) is 11.3 Å². The number of anilines is 2. The number of para-hydroxylation sites is 2. The lowest BCUT2D eigenvalue weighted by Crippen LogP contribution is -2.55. The Morgan fingerprint density at radius 2 is 1.82 bits per heavy atom. The molecule has 0 saturated heterocycles. The van der Waals surface area contributed by atoms with Crippen molar-refractivity contribution >= 4 is 68.2 Å². The number of rotatable bonds is 7. The molecule has 2 N–H and O–H groups in total. The van der Waals surface area contributed by atoms with E-state index in [4.69, 9.17) is 4.74 Å². The molecule has 0 saturated carbocycles. The van der Waals surface area contributed by atoms with Gasteiger partial charge in [-0.3, -0.25) is 14.4 Å². The number of carbonyl (C=O) groups is 3. The lowest BCUT2D eigenvalue weighted by molar-refractivity contribution is -0.128. The zero-order valence-corrected chi connectivity index (χ0v) is 26.7. The highest BCUT2D eigenvalue weighted by atomic mass is 79.9. The van der Waals surface area contributed by atoms with Crippen molar-refractivity contribution in [3.8, 4) is 11.8 Å². The van der Waals surface area contributed by atoms with E-state index in [0.717, 1.165) is 20.8 Å². The minimum atomic E-state index is -1.06. The number of hydrogen-bond acceptors (Lipinski definition) is 6. The largest absolute Gasteiger partial charge is 0.496 e. The fourth-order valence-corrected chi connectivity index (χ4v) is 5.59. The molecule has 5 rings (SSSR count). The molecule has 0 spiro atoms. The first-order valence-corrected chi connectivity index (χ1v) is 14.5. The van der Waals surface area contributed by atoms with Gasteiger partial charge < -0.3 is 25.2 Å². The summed E-state index contributed by atoms with van der Waals surface area (Å²) in [4.78, 5) is 44.6. The zero-order chi connectivity index (χ0) is 30.7. The number of nitrogens with one attached hydrogen (secondary N) is 2. The van der Waals surface area contributed by atoms with Crippen LogP contribution in [0.15, 0.2) is 83.3 Å². The van der Waals surface area contributed by atoms with Crippen LogP contribution in [-0.4, -0.2) is 50.5 Å². The maximum absolute atomic E-state index is 14.4. The molecular weight excluding hydrogens is 646 g/mol. The Balaban J connectivity index is 0.00000442. The summed E-state index contributed by atoms with van der Waals surface area (Å²) in [7, 11) is 3.24. The van der Waals surface area contributed by atoms with Crippen LogP contribution >= 0.6 is 28.3 Å². The predicted molar refractivity (Wildman–Crippen MR) is 176 cm³/mol. The van der Waals surface area contributed by atoms with Gasteiger partial charge in [0.05, 0.1) is 49.2 Å². The quantitative estimate of drug-likeness (QED) is 0.279. The summed E-state index contributed by atoms with van der Waals surface area (Å²) in [5, 5.41) is 17.1. The fraction of sp³-hybridized carbons (Fsp3) is 0.212. The molecule has 3 amide bonds. The van der Waals surface area contributed by atoms with E-state index < -0.39 is 18.0 Å². The Hall–Kier alpha value is -4.43. The second kappa shape index (κ2) is 13.9. The van der Waals surface area contributed by atoms with Gasteiger partial charge in [0.1, 0.15) is 11.8 Å². The molecule has 4 aromatic carbocycles. The Labute approximate surface area is 270 Å². The van der Waals surface area contributed by atoms with Crippen molar-refractivity contribution in [3.63, 3.8) is 0 Å². The number of nitrogens with zero attached hydrogens (tertiary/aromatic N) is 3. The Morgan fingerprint density at radius 3 is 2.52 bits per heavy atom. The molecule has 9 nitrogen and oxygen atoms in total. The standard InChI is InChI=1S/C33H30BrN5O4.ClH/c1-20(36-2)31(40)37-27-19-39(32(41)23-8-6-7-21(15-23)17-35)29-10-5-4-9-28(29)38(33(27)42)18-26-25-13-12-24(34)16-22(25)11-14-30(26)43-3;/h4-16,20,27,36H,18-19H2,1-3H3,(H,37,40);1H/t20?,27-;/m0./s1. The van der Waals surface area contributed by atoms with Gasteiger partial charge >= 0.3 is 0 Å². The van der Waals surface area contributed by atoms with Gasteiger partial charge in [0.25, 0.3) is 11.8 Å². The van der Waals surface area contributed by atoms with Crippen LogP contribution in [0.1, 0.15) is 28.4 Å². The van der Waals surface area contributed by atoms with Crippen molar-refractivity contribution in [2.45, 2.75) is 25.6 Å². The molecule has 0 aliphatic carbocycles. The van der Waals surface area contributed by atoms with Gasteiger partial charge in [0, 0.05) is 15.6 Å². The monoisotopic (exact) mass is 675 g/mol. The second-order valence-electron chi connectivity index (χ2n) is 10.2. The molecule has 2 atom stereocenters. The zero-order valence-electron chi connectivity index (χ0n) is 24.3. The van der Waals surface area contributed by atoms with Crippen LogP contribution < -0.4 is 25.2 Å². The number of nitriles is 1. The van der Waals surface area contributed by atoms with E-state index in [0.29, 0.717) is 28.3 Å². The van der Waals surface area contributed by atoms with Gasteiger partial charge in [0.2, 0.25) is 5.91 Å². The molecule has 0 bridgehead atoms. The second-order valence-corrected chi connectivity index (χ2v) is 11.1. The third kappa shape index (κ3) is 6.40. The number of methoxy groups -OCH3 is 1. The highest BCUT2D eigenvalue weighted by Crippen LogP contribution is 2.38. The lowest BCUT2D eigenvalue weighted by atomic mass is 10.0. The van der Waals surface area contributed by atoms with Gasteiger partial charge in [-0.1, -0.05) is 46.3 Å². The van der Waals surface area contributed by atoms with E-state index in [-0.39, 0.29) is 37.3 Å². The van der Waals surface area contributed by atoms with Crippen molar-refractivity contribution < 1.29 is 19.1 Å². The van der Waals surface area contributed by atoms with E-state index in [1.54, 1.807) is 68.4 Å².